The SMILES string of the molecule is C[C@@]12[C@H]3CC[C@@H]1[C@H](O)C[N@+]2(Cc1cccc2ccccc12)CC3. The third-order valence-electron chi connectivity index (χ3n) is 7.68. The quantitative estimate of drug-likeness (QED) is 0.838. The Balaban J connectivity index is 1.62. The molecule has 0 amide bonds. The molecule has 1 aliphatic carbocycles. The summed E-state index contributed by atoms with van der Waals surface area (Å²) in [7, 11) is 0. The van der Waals surface area contributed by atoms with E-state index in [1.165, 1.54) is 42.1 Å². The fourth-order valence-corrected chi connectivity index (χ4v) is 6.51. The highest BCUT2D eigenvalue weighted by molar-refractivity contribution is 5.85. The van der Waals surface area contributed by atoms with Gasteiger partial charge in [-0.3, -0.25) is 0 Å². The molecule has 2 aromatic rings. The van der Waals surface area contributed by atoms with Crippen molar-refractivity contribution in [2.24, 2.45) is 11.8 Å². The Labute approximate surface area is 138 Å². The van der Waals surface area contributed by atoms with Gasteiger partial charge >= 0.3 is 0 Å². The molecule has 2 heteroatoms. The van der Waals surface area contributed by atoms with E-state index in [1.54, 1.807) is 0 Å². The van der Waals surface area contributed by atoms with E-state index in [2.05, 4.69) is 49.4 Å². The Kier molecular flexibility index (Phi) is 2.79. The molecule has 3 fully saturated rings. The smallest absolute Gasteiger partial charge is 0.112 e. The first-order chi connectivity index (χ1) is 11.1. The summed E-state index contributed by atoms with van der Waals surface area (Å²) < 4.78 is 1.12. The lowest BCUT2D eigenvalue weighted by Crippen LogP contribution is -2.57. The van der Waals surface area contributed by atoms with Gasteiger partial charge in [-0.25, -0.2) is 0 Å². The van der Waals surface area contributed by atoms with E-state index in [0.717, 1.165) is 23.5 Å². The summed E-state index contributed by atoms with van der Waals surface area (Å²) >= 11 is 0. The van der Waals surface area contributed by atoms with Crippen LogP contribution < -0.4 is 0 Å². The lowest BCUT2D eigenvalue weighted by atomic mass is 9.83. The number of hydrogen-bond acceptors (Lipinski definition) is 1. The number of quaternary nitrogens is 1. The molecule has 0 radical (unpaired) electrons. The second kappa shape index (κ2) is 4.58. The van der Waals surface area contributed by atoms with Crippen molar-refractivity contribution in [3.8, 4) is 0 Å². The highest BCUT2D eigenvalue weighted by Gasteiger charge is 2.70. The highest BCUT2D eigenvalue weighted by Crippen LogP contribution is 2.60. The molecule has 120 valence electrons. The summed E-state index contributed by atoms with van der Waals surface area (Å²) in [6, 6.07) is 15.5. The zero-order chi connectivity index (χ0) is 15.7. The summed E-state index contributed by atoms with van der Waals surface area (Å²) in [6.07, 6.45) is 3.82. The van der Waals surface area contributed by atoms with Gasteiger partial charge < -0.3 is 9.59 Å². The van der Waals surface area contributed by atoms with E-state index in [9.17, 15) is 5.11 Å². The Morgan fingerprint density at radius 1 is 1.09 bits per heavy atom. The van der Waals surface area contributed by atoms with Crippen LogP contribution in [0.4, 0.5) is 0 Å². The Hall–Kier alpha value is -1.38. The predicted octanol–water partition coefficient (Wildman–Crippen LogP) is 3.72. The van der Waals surface area contributed by atoms with Gasteiger partial charge in [0, 0.05) is 23.8 Å². The highest BCUT2D eigenvalue weighted by atomic mass is 16.3. The molecule has 1 saturated carbocycles. The van der Waals surface area contributed by atoms with Crippen LogP contribution in [0.5, 0.6) is 0 Å². The number of fused-ring (bicyclic) bond motifs is 1. The van der Waals surface area contributed by atoms with Crippen molar-refractivity contribution in [1.29, 1.82) is 0 Å². The largest absolute Gasteiger partial charge is 0.387 e. The van der Waals surface area contributed by atoms with E-state index >= 15 is 0 Å². The molecule has 23 heavy (non-hydrogen) atoms. The van der Waals surface area contributed by atoms with Crippen LogP contribution in [-0.2, 0) is 6.54 Å². The molecule has 5 rings (SSSR count). The normalized spacial score (nSPS) is 41.6. The molecule has 1 N–H and O–H groups in total. The van der Waals surface area contributed by atoms with Gasteiger partial charge in [0.2, 0.25) is 0 Å². The molecule has 0 unspecified atom stereocenters. The lowest BCUT2D eigenvalue weighted by molar-refractivity contribution is -0.965. The molecule has 0 spiro atoms. The number of aliphatic hydroxyl groups excluding tert-OH is 1. The Morgan fingerprint density at radius 3 is 2.83 bits per heavy atom. The minimum Gasteiger partial charge on any atom is -0.387 e. The number of benzene rings is 2. The summed E-state index contributed by atoms with van der Waals surface area (Å²) in [5.74, 6) is 1.34. The van der Waals surface area contributed by atoms with Crippen LogP contribution in [0.25, 0.3) is 10.8 Å². The maximum absolute atomic E-state index is 10.7. The van der Waals surface area contributed by atoms with Crippen LogP contribution in [0.2, 0.25) is 0 Å². The number of nitrogens with zero attached hydrogens (tertiary/aromatic N) is 1. The average molecular weight is 308 g/mol. The molecule has 2 saturated heterocycles. The van der Waals surface area contributed by atoms with Crippen molar-refractivity contribution in [2.45, 2.75) is 44.4 Å². The van der Waals surface area contributed by atoms with Gasteiger partial charge in [0.25, 0.3) is 0 Å². The molecule has 2 nitrogen and oxygen atoms in total. The lowest BCUT2D eigenvalue weighted by Gasteiger charge is -2.44. The van der Waals surface area contributed by atoms with Crippen molar-refractivity contribution in [2.75, 3.05) is 13.1 Å². The zero-order valence-corrected chi connectivity index (χ0v) is 13.9. The number of hydrogen-bond donors (Lipinski definition) is 1. The van der Waals surface area contributed by atoms with Gasteiger partial charge in [-0.05, 0) is 30.5 Å². The fraction of sp³-hybridized carbons (Fsp3) is 0.524. The molecule has 3 aliphatic rings. The summed E-state index contributed by atoms with van der Waals surface area (Å²) in [5.41, 5.74) is 1.76. The molecule has 2 aliphatic heterocycles. The summed E-state index contributed by atoms with van der Waals surface area (Å²) in [6.45, 7) is 5.78. The van der Waals surface area contributed by atoms with Crippen LogP contribution in [0.3, 0.4) is 0 Å². The van der Waals surface area contributed by atoms with Crippen molar-refractivity contribution in [1.82, 2.24) is 0 Å². The van der Waals surface area contributed by atoms with Crippen LogP contribution in [0.15, 0.2) is 42.5 Å². The Bertz CT molecular complexity index is 766. The summed E-state index contributed by atoms with van der Waals surface area (Å²) in [5, 5.41) is 13.5. The van der Waals surface area contributed by atoms with Crippen LogP contribution in [-0.4, -0.2) is 34.3 Å². The van der Waals surface area contributed by atoms with Crippen molar-refractivity contribution in [3.63, 3.8) is 0 Å². The first kappa shape index (κ1) is 14.0. The van der Waals surface area contributed by atoms with Gasteiger partial charge in [-0.15, -0.1) is 0 Å². The van der Waals surface area contributed by atoms with Crippen LogP contribution in [0.1, 0.15) is 31.7 Å². The van der Waals surface area contributed by atoms with Gasteiger partial charge in [0.1, 0.15) is 24.7 Å². The zero-order valence-electron chi connectivity index (χ0n) is 13.9. The van der Waals surface area contributed by atoms with Crippen molar-refractivity contribution in [3.05, 3.63) is 48.0 Å². The minimum absolute atomic E-state index is 0.0970. The van der Waals surface area contributed by atoms with Crippen molar-refractivity contribution >= 4 is 10.8 Å². The third kappa shape index (κ3) is 1.66. The molecule has 2 aromatic carbocycles. The van der Waals surface area contributed by atoms with Crippen molar-refractivity contribution < 1.29 is 9.59 Å². The monoisotopic (exact) mass is 308 g/mol. The van der Waals surface area contributed by atoms with E-state index in [-0.39, 0.29) is 6.10 Å². The summed E-state index contributed by atoms with van der Waals surface area (Å²) in [4.78, 5) is 0. The molecular formula is C21H26NO+. The van der Waals surface area contributed by atoms with E-state index in [1.807, 2.05) is 0 Å². The molecular weight excluding hydrogens is 282 g/mol. The minimum atomic E-state index is -0.0970. The van der Waals surface area contributed by atoms with Crippen LogP contribution >= 0.6 is 0 Å². The first-order valence-electron chi connectivity index (χ1n) is 9.15. The standard InChI is InChI=1S/C21H26NO/c1-21-17-9-10-19(21)20(23)14-22(21,12-11-17)13-16-7-4-6-15-5-2-3-8-18(15)16/h2-8,17,19-20,23H,9-14H2,1H3/q+1/t17-,19+,20+,21+,22+/m0/s1. The molecule has 0 bridgehead atoms. The Morgan fingerprint density at radius 2 is 1.91 bits per heavy atom. The fourth-order valence-electron chi connectivity index (χ4n) is 6.51. The molecule has 5 atom stereocenters. The van der Waals surface area contributed by atoms with Gasteiger partial charge in [-0.2, -0.15) is 0 Å². The number of aliphatic hydroxyl groups is 1. The molecule has 2 heterocycles. The van der Waals surface area contributed by atoms with Gasteiger partial charge in [0.15, 0.2) is 0 Å². The topological polar surface area (TPSA) is 20.2 Å². The van der Waals surface area contributed by atoms with E-state index in [0.29, 0.717) is 11.5 Å². The van der Waals surface area contributed by atoms with Gasteiger partial charge in [0.05, 0.1) is 6.54 Å². The maximum atomic E-state index is 10.7. The van der Waals surface area contributed by atoms with E-state index < -0.39 is 0 Å². The molecule has 0 aromatic heterocycles. The second-order valence-electron chi connectivity index (χ2n) is 8.31. The predicted molar refractivity (Wildman–Crippen MR) is 92.9 cm³/mol. The average Bonchev–Trinajstić information content (AvgIpc) is 3.11. The van der Waals surface area contributed by atoms with Crippen LogP contribution in [0, 0.1) is 11.8 Å². The second-order valence-corrected chi connectivity index (χ2v) is 8.31. The first-order valence-corrected chi connectivity index (χ1v) is 9.15. The van der Waals surface area contributed by atoms with E-state index in [4.69, 9.17) is 0 Å². The van der Waals surface area contributed by atoms with Gasteiger partial charge in [-0.1, -0.05) is 42.5 Å². The third-order valence-corrected chi connectivity index (χ3v) is 7.68. The maximum Gasteiger partial charge on any atom is 0.112 e. The number of rotatable bonds is 2.